The van der Waals surface area contributed by atoms with Crippen molar-refractivity contribution in [3.63, 3.8) is 0 Å². The van der Waals surface area contributed by atoms with Crippen LogP contribution < -0.4 is 0 Å². The van der Waals surface area contributed by atoms with Crippen LogP contribution in [0.15, 0.2) is 146 Å². The second-order valence-electron chi connectivity index (χ2n) is 10.8. The van der Waals surface area contributed by atoms with Crippen molar-refractivity contribution in [3.8, 4) is 11.1 Å². The van der Waals surface area contributed by atoms with E-state index >= 15 is 0 Å². The van der Waals surface area contributed by atoms with Crippen molar-refractivity contribution in [2.24, 2.45) is 0 Å². The Morgan fingerprint density at radius 2 is 0.902 bits per heavy atom. The maximum absolute atomic E-state index is 2.40. The van der Waals surface area contributed by atoms with Gasteiger partial charge in [-0.15, -0.1) is 0 Å². The van der Waals surface area contributed by atoms with Crippen LogP contribution in [0.2, 0.25) is 0 Å². The van der Waals surface area contributed by atoms with Gasteiger partial charge in [0, 0.05) is 0 Å². The van der Waals surface area contributed by atoms with Crippen LogP contribution in [-0.2, 0) is 6.42 Å². The molecule has 0 aromatic heterocycles. The lowest BCUT2D eigenvalue weighted by Crippen LogP contribution is -2.00. The van der Waals surface area contributed by atoms with Gasteiger partial charge in [-0.2, -0.15) is 0 Å². The minimum absolute atomic E-state index is 1.10. The van der Waals surface area contributed by atoms with Crippen LogP contribution in [-0.4, -0.2) is 0 Å². The lowest BCUT2D eigenvalue weighted by Gasteiger charge is -2.19. The van der Waals surface area contributed by atoms with Gasteiger partial charge in [0.25, 0.3) is 0 Å². The summed E-state index contributed by atoms with van der Waals surface area (Å²) in [6.07, 6.45) is 4.61. The van der Waals surface area contributed by atoms with E-state index in [2.05, 4.69) is 136 Å². The van der Waals surface area contributed by atoms with Gasteiger partial charge in [0.15, 0.2) is 0 Å². The Kier molecular flexibility index (Phi) is 9.24. The predicted molar refractivity (Wildman–Crippen MR) is 179 cm³/mol. The summed E-state index contributed by atoms with van der Waals surface area (Å²) in [5.41, 5.74) is 12.2. The summed E-state index contributed by atoms with van der Waals surface area (Å²) >= 11 is 0. The van der Waals surface area contributed by atoms with Crippen molar-refractivity contribution < 1.29 is 0 Å². The molecule has 1 aliphatic carbocycles. The maximum Gasteiger partial charge on any atom is -0.0175 e. The lowest BCUT2D eigenvalue weighted by molar-refractivity contribution is 1.00. The molecular formula is C41H38. The summed E-state index contributed by atoms with van der Waals surface area (Å²) in [4.78, 5) is 0. The molecule has 0 atom stereocenters. The van der Waals surface area contributed by atoms with Crippen molar-refractivity contribution in [2.75, 3.05) is 0 Å². The quantitative estimate of drug-likeness (QED) is 0.209. The summed E-state index contributed by atoms with van der Waals surface area (Å²) in [5, 5.41) is 2.66. The minimum atomic E-state index is 1.10. The number of hydrogen-bond donors (Lipinski definition) is 0. The molecule has 0 radical (unpaired) electrons. The Morgan fingerprint density at radius 3 is 1.46 bits per heavy atom. The van der Waals surface area contributed by atoms with E-state index in [0.717, 1.165) is 12.8 Å². The molecule has 6 aromatic rings. The Labute approximate surface area is 245 Å². The van der Waals surface area contributed by atoms with Crippen molar-refractivity contribution in [2.45, 2.75) is 33.6 Å². The fourth-order valence-corrected chi connectivity index (χ4v) is 5.25. The topological polar surface area (TPSA) is 0 Å². The molecule has 1 aliphatic rings. The van der Waals surface area contributed by atoms with Gasteiger partial charge in [-0.25, -0.2) is 0 Å². The van der Waals surface area contributed by atoms with E-state index in [1.54, 1.807) is 0 Å². The van der Waals surface area contributed by atoms with Gasteiger partial charge in [0.1, 0.15) is 0 Å². The molecule has 0 spiro atoms. The lowest BCUT2D eigenvalue weighted by atomic mass is 9.86. The standard InChI is InChI=1S/C27H22.2C7H8/c1-19-13-25(20-7-3-2-4-8-20)18-26(14-19)24-12-11-23-15-21-9-5-6-10-22(21)16-27(23)17-24;2*1-7-5-3-2-4-6-7/h2-10,13-18H,11-12H2,1H3;2*2-6H,1H3. The Hall–Kier alpha value is -4.68. The molecule has 7 rings (SSSR count). The Morgan fingerprint density at radius 1 is 0.390 bits per heavy atom. The van der Waals surface area contributed by atoms with E-state index < -0.39 is 0 Å². The van der Waals surface area contributed by atoms with Gasteiger partial charge >= 0.3 is 0 Å². The highest BCUT2D eigenvalue weighted by Crippen LogP contribution is 2.35. The molecule has 0 fully saturated rings. The van der Waals surface area contributed by atoms with Crippen molar-refractivity contribution in [1.82, 2.24) is 0 Å². The second-order valence-corrected chi connectivity index (χ2v) is 10.8. The zero-order valence-electron chi connectivity index (χ0n) is 24.3. The summed E-state index contributed by atoms with van der Waals surface area (Å²) in [5.74, 6) is 0. The average molecular weight is 531 g/mol. The zero-order chi connectivity index (χ0) is 28.4. The van der Waals surface area contributed by atoms with Crippen molar-refractivity contribution in [3.05, 3.63) is 179 Å². The molecule has 0 saturated carbocycles. The van der Waals surface area contributed by atoms with E-state index in [9.17, 15) is 0 Å². The van der Waals surface area contributed by atoms with E-state index in [-0.39, 0.29) is 0 Å². The summed E-state index contributed by atoms with van der Waals surface area (Å²) in [6, 6.07) is 51.5. The third-order valence-corrected chi connectivity index (χ3v) is 7.44. The average Bonchev–Trinajstić information content (AvgIpc) is 3.01. The summed E-state index contributed by atoms with van der Waals surface area (Å²) in [7, 11) is 0. The third kappa shape index (κ3) is 7.71. The van der Waals surface area contributed by atoms with E-state index in [1.807, 2.05) is 36.4 Å². The Balaban J connectivity index is 0.000000197. The van der Waals surface area contributed by atoms with Crippen molar-refractivity contribution >= 4 is 22.4 Å². The molecule has 6 aromatic carbocycles. The van der Waals surface area contributed by atoms with Crippen LogP contribution in [0.25, 0.3) is 33.5 Å². The highest BCUT2D eigenvalue weighted by atomic mass is 14.2. The molecule has 0 unspecified atom stereocenters. The molecule has 0 aliphatic heterocycles. The molecular weight excluding hydrogens is 492 g/mol. The number of fused-ring (bicyclic) bond motifs is 2. The van der Waals surface area contributed by atoms with Gasteiger partial charge in [-0.3, -0.25) is 0 Å². The molecule has 0 heterocycles. The third-order valence-electron chi connectivity index (χ3n) is 7.44. The highest BCUT2D eigenvalue weighted by molar-refractivity contribution is 5.92. The molecule has 0 N–H and O–H groups in total. The van der Waals surface area contributed by atoms with Gasteiger partial charge in [-0.05, 0) is 95.5 Å². The largest absolute Gasteiger partial charge is 0.0622 e. The smallest absolute Gasteiger partial charge is 0.0175 e. The van der Waals surface area contributed by atoms with Crippen LogP contribution in [0, 0.1) is 20.8 Å². The molecule has 0 bridgehead atoms. The Bertz CT molecular complexity index is 1690. The first-order valence-corrected chi connectivity index (χ1v) is 14.5. The SMILES string of the molecule is Cc1cc(C2=Cc3cc4ccccc4cc3CC2)cc(-c2ccccc2)c1.Cc1ccccc1.Cc1ccccc1. The first-order valence-electron chi connectivity index (χ1n) is 14.5. The number of aryl methyl sites for hydroxylation is 4. The first-order chi connectivity index (χ1) is 20.0. The number of benzene rings is 6. The van der Waals surface area contributed by atoms with Gasteiger partial charge in [0.05, 0.1) is 0 Å². The first kappa shape index (κ1) is 27.9. The van der Waals surface area contributed by atoms with Gasteiger partial charge in [0.2, 0.25) is 0 Å². The van der Waals surface area contributed by atoms with Crippen molar-refractivity contribution in [1.29, 1.82) is 0 Å². The van der Waals surface area contributed by atoms with E-state index in [1.165, 1.54) is 60.9 Å². The van der Waals surface area contributed by atoms with Crippen LogP contribution >= 0.6 is 0 Å². The molecule has 0 heteroatoms. The normalized spacial score (nSPS) is 11.7. The number of hydrogen-bond acceptors (Lipinski definition) is 0. The fraction of sp³-hybridized carbons (Fsp3) is 0.122. The summed E-state index contributed by atoms with van der Waals surface area (Å²) in [6.45, 7) is 6.36. The monoisotopic (exact) mass is 530 g/mol. The van der Waals surface area contributed by atoms with Crippen LogP contribution in [0.4, 0.5) is 0 Å². The highest BCUT2D eigenvalue weighted by Gasteiger charge is 2.14. The van der Waals surface area contributed by atoms with Crippen LogP contribution in [0.5, 0.6) is 0 Å². The van der Waals surface area contributed by atoms with Crippen LogP contribution in [0.3, 0.4) is 0 Å². The maximum atomic E-state index is 2.40. The number of allylic oxidation sites excluding steroid dienone is 1. The molecule has 41 heavy (non-hydrogen) atoms. The molecule has 202 valence electrons. The molecule has 0 amide bonds. The predicted octanol–water partition coefficient (Wildman–Crippen LogP) is 11.3. The second kappa shape index (κ2) is 13.6. The molecule has 0 nitrogen and oxygen atoms in total. The van der Waals surface area contributed by atoms with Gasteiger partial charge < -0.3 is 0 Å². The number of rotatable bonds is 2. The zero-order valence-corrected chi connectivity index (χ0v) is 24.3. The van der Waals surface area contributed by atoms with Crippen LogP contribution in [0.1, 0.15) is 39.8 Å². The summed E-state index contributed by atoms with van der Waals surface area (Å²) < 4.78 is 0. The fourth-order valence-electron chi connectivity index (χ4n) is 5.25. The van der Waals surface area contributed by atoms with E-state index in [0.29, 0.717) is 0 Å². The van der Waals surface area contributed by atoms with Gasteiger partial charge in [-0.1, -0.05) is 151 Å². The molecule has 0 saturated heterocycles. The van der Waals surface area contributed by atoms with E-state index in [4.69, 9.17) is 0 Å². The minimum Gasteiger partial charge on any atom is -0.0622 e.